The first-order valence-corrected chi connectivity index (χ1v) is 15.4. The molecule has 7 nitrogen and oxygen atoms in total. The van der Waals surface area contributed by atoms with Crippen molar-refractivity contribution in [3.63, 3.8) is 0 Å². The van der Waals surface area contributed by atoms with Gasteiger partial charge in [-0.2, -0.15) is 0 Å². The van der Waals surface area contributed by atoms with Gasteiger partial charge >= 0.3 is 6.09 Å². The third-order valence-corrected chi connectivity index (χ3v) is 5.98. The fourth-order valence-corrected chi connectivity index (χ4v) is 4.14. The van der Waals surface area contributed by atoms with Crippen LogP contribution in [0.1, 0.15) is 32.9 Å². The lowest BCUT2D eigenvalue weighted by atomic mass is 10.1. The molecule has 2 aromatic heterocycles. The molecule has 3 aromatic rings. The number of hydrogen-bond donors (Lipinski definition) is 0. The monoisotopic (exact) mass is 495 g/mol. The van der Waals surface area contributed by atoms with Crippen LogP contribution in [0.3, 0.4) is 0 Å². The van der Waals surface area contributed by atoms with Crippen molar-refractivity contribution < 1.29 is 19.0 Å². The predicted octanol–water partition coefficient (Wildman–Crippen LogP) is 5.54. The van der Waals surface area contributed by atoms with Gasteiger partial charge in [-0.15, -0.1) is 5.54 Å². The summed E-state index contributed by atoms with van der Waals surface area (Å²) in [5.41, 5.74) is 4.75. The first-order valence-electron chi connectivity index (χ1n) is 11.9. The van der Waals surface area contributed by atoms with Crippen LogP contribution in [0, 0.1) is 11.5 Å². The second-order valence-corrected chi connectivity index (χ2v) is 15.6. The largest absolute Gasteiger partial charge is 0.493 e. The molecular weight excluding hydrogens is 458 g/mol. The Balaban J connectivity index is 2.26. The van der Waals surface area contributed by atoms with E-state index in [2.05, 4.69) is 41.0 Å². The normalized spacial score (nSPS) is 12.1. The van der Waals surface area contributed by atoms with Gasteiger partial charge in [-0.1, -0.05) is 25.6 Å². The Morgan fingerprint density at radius 1 is 1.14 bits per heavy atom. The number of hydrogen-bond acceptors (Lipinski definition) is 6. The van der Waals surface area contributed by atoms with Gasteiger partial charge in [0.25, 0.3) is 0 Å². The molecule has 0 aliphatic heterocycles. The molecule has 0 N–H and O–H groups in total. The highest BCUT2D eigenvalue weighted by Gasteiger charge is 2.25. The molecule has 0 bridgehead atoms. The van der Waals surface area contributed by atoms with E-state index in [0.717, 1.165) is 23.7 Å². The van der Waals surface area contributed by atoms with Crippen molar-refractivity contribution in [1.29, 1.82) is 0 Å². The molecule has 0 amide bonds. The van der Waals surface area contributed by atoms with Crippen LogP contribution in [0.15, 0.2) is 24.4 Å². The summed E-state index contributed by atoms with van der Waals surface area (Å²) in [6.07, 6.45) is 2.09. The van der Waals surface area contributed by atoms with Gasteiger partial charge in [-0.05, 0) is 53.4 Å². The lowest BCUT2D eigenvalue weighted by molar-refractivity contribution is 0.0551. The third-order valence-electron chi connectivity index (χ3n) is 5.10. The van der Waals surface area contributed by atoms with Crippen molar-refractivity contribution in [3.8, 4) is 23.0 Å². The number of methoxy groups -OCH3 is 1. The number of aromatic nitrogens is 2. The third kappa shape index (κ3) is 6.56. The number of rotatable bonds is 6. The lowest BCUT2D eigenvalue weighted by Crippen LogP contribution is -2.27. The SMILES string of the molecule is COc1cc2c3c(C#C[Si](C)(C)C)nccc3n(C(=O)OC(C)(C)C)c2cc1OCCCN(C)C. The molecule has 8 heteroatoms. The maximum absolute atomic E-state index is 13.4. The summed E-state index contributed by atoms with van der Waals surface area (Å²) in [5.74, 6) is 4.46. The Labute approximate surface area is 209 Å². The van der Waals surface area contributed by atoms with Gasteiger partial charge in [0.2, 0.25) is 0 Å². The maximum atomic E-state index is 13.4. The van der Waals surface area contributed by atoms with Crippen molar-refractivity contribution in [1.82, 2.24) is 14.5 Å². The molecule has 0 aliphatic rings. The highest BCUT2D eigenvalue weighted by molar-refractivity contribution is 6.83. The van der Waals surface area contributed by atoms with E-state index >= 15 is 0 Å². The number of carbonyl (C=O) groups excluding carboxylic acids is 1. The van der Waals surface area contributed by atoms with Gasteiger partial charge in [0.05, 0.1) is 24.8 Å². The van der Waals surface area contributed by atoms with E-state index < -0.39 is 19.8 Å². The number of benzene rings is 1. The van der Waals surface area contributed by atoms with E-state index in [1.54, 1.807) is 17.9 Å². The Morgan fingerprint density at radius 3 is 2.46 bits per heavy atom. The topological polar surface area (TPSA) is 65.8 Å². The van der Waals surface area contributed by atoms with E-state index in [4.69, 9.17) is 14.2 Å². The summed E-state index contributed by atoms with van der Waals surface area (Å²) in [4.78, 5) is 20.1. The molecule has 0 atom stereocenters. The molecule has 35 heavy (non-hydrogen) atoms. The quantitative estimate of drug-likeness (QED) is 0.254. The van der Waals surface area contributed by atoms with Crippen LogP contribution in [-0.4, -0.2) is 68.6 Å². The van der Waals surface area contributed by atoms with Crippen LogP contribution in [0.2, 0.25) is 19.6 Å². The highest BCUT2D eigenvalue weighted by atomic mass is 28.3. The summed E-state index contributed by atoms with van der Waals surface area (Å²) in [7, 11) is 4.03. The second-order valence-electron chi connectivity index (χ2n) is 10.9. The average Bonchev–Trinajstić information content (AvgIpc) is 3.06. The van der Waals surface area contributed by atoms with Crippen molar-refractivity contribution in [2.24, 2.45) is 0 Å². The van der Waals surface area contributed by atoms with Gasteiger partial charge in [0, 0.05) is 29.6 Å². The van der Waals surface area contributed by atoms with Gasteiger partial charge in [0.1, 0.15) is 19.4 Å². The first kappa shape index (κ1) is 26.6. The van der Waals surface area contributed by atoms with E-state index in [0.29, 0.717) is 34.8 Å². The molecule has 0 unspecified atom stereocenters. The van der Waals surface area contributed by atoms with Crippen LogP contribution in [0.4, 0.5) is 4.79 Å². The van der Waals surface area contributed by atoms with Gasteiger partial charge in [-0.25, -0.2) is 14.3 Å². The van der Waals surface area contributed by atoms with Crippen molar-refractivity contribution >= 4 is 36.0 Å². The van der Waals surface area contributed by atoms with Crippen LogP contribution in [0.5, 0.6) is 11.5 Å². The van der Waals surface area contributed by atoms with E-state index in [9.17, 15) is 4.79 Å². The fourth-order valence-electron chi connectivity index (χ4n) is 3.65. The lowest BCUT2D eigenvalue weighted by Gasteiger charge is -2.20. The maximum Gasteiger partial charge on any atom is 0.419 e. The minimum atomic E-state index is -1.64. The van der Waals surface area contributed by atoms with Crippen molar-refractivity contribution in [2.45, 2.75) is 52.4 Å². The van der Waals surface area contributed by atoms with Crippen LogP contribution in [-0.2, 0) is 4.74 Å². The standard InChI is InChI=1S/C27H37N3O4Si/c1-27(2,3)34-26(31)30-21-11-13-28-20(12-16-35(7,8)9)25(21)19-17-23(32-6)24(18-22(19)30)33-15-10-14-29(4)5/h11,13,17-18H,10,14-15H2,1-9H3. The van der Waals surface area contributed by atoms with Gasteiger partial charge in [-0.3, -0.25) is 0 Å². The highest BCUT2D eigenvalue weighted by Crippen LogP contribution is 2.39. The number of pyridine rings is 1. The minimum absolute atomic E-state index is 0.462. The summed E-state index contributed by atoms with van der Waals surface area (Å²) in [6.45, 7) is 13.6. The summed E-state index contributed by atoms with van der Waals surface area (Å²) in [6, 6.07) is 5.58. The number of ether oxygens (including phenoxy) is 3. The first-order chi connectivity index (χ1) is 16.3. The zero-order valence-corrected chi connectivity index (χ0v) is 23.4. The Hall–Kier alpha value is -3.02. The molecule has 0 aliphatic carbocycles. The minimum Gasteiger partial charge on any atom is -0.493 e. The van der Waals surface area contributed by atoms with Crippen LogP contribution in [0.25, 0.3) is 21.8 Å². The molecule has 3 rings (SSSR count). The Kier molecular flexibility index (Phi) is 7.82. The summed E-state index contributed by atoms with van der Waals surface area (Å²) >= 11 is 0. The van der Waals surface area contributed by atoms with Crippen molar-refractivity contribution in [2.75, 3.05) is 34.4 Å². The smallest absolute Gasteiger partial charge is 0.419 e. The fraction of sp³-hybridized carbons (Fsp3) is 0.481. The van der Waals surface area contributed by atoms with Gasteiger partial charge < -0.3 is 19.1 Å². The molecule has 0 radical (unpaired) electrons. The molecule has 0 spiro atoms. The van der Waals surface area contributed by atoms with Gasteiger partial charge in [0.15, 0.2) is 11.5 Å². The molecule has 188 valence electrons. The summed E-state index contributed by atoms with van der Waals surface area (Å²) in [5, 5.41) is 1.62. The number of carbonyl (C=O) groups is 1. The molecular formula is C27H37N3O4Si. The predicted molar refractivity (Wildman–Crippen MR) is 144 cm³/mol. The van der Waals surface area contributed by atoms with Crippen molar-refractivity contribution in [3.05, 3.63) is 30.1 Å². The molecule has 1 aromatic carbocycles. The Morgan fingerprint density at radius 2 is 1.86 bits per heavy atom. The van der Waals surface area contributed by atoms with Crippen LogP contribution >= 0.6 is 0 Å². The average molecular weight is 496 g/mol. The number of fused-ring (bicyclic) bond motifs is 3. The zero-order chi connectivity index (χ0) is 26.0. The Bertz CT molecular complexity index is 1290. The molecule has 0 saturated carbocycles. The van der Waals surface area contributed by atoms with E-state index in [1.807, 2.05) is 53.1 Å². The zero-order valence-electron chi connectivity index (χ0n) is 22.4. The van der Waals surface area contributed by atoms with E-state index in [1.165, 1.54) is 0 Å². The molecule has 0 saturated heterocycles. The molecule has 2 heterocycles. The molecule has 0 fully saturated rings. The number of nitrogens with zero attached hydrogens (tertiary/aromatic N) is 3. The summed E-state index contributed by atoms with van der Waals surface area (Å²) < 4.78 is 19.1. The second kappa shape index (κ2) is 10.3. The van der Waals surface area contributed by atoms with E-state index in [-0.39, 0.29) is 0 Å². The van der Waals surface area contributed by atoms with Crippen LogP contribution < -0.4 is 9.47 Å².